The fourth-order valence-corrected chi connectivity index (χ4v) is 2.57. The molecule has 1 aromatic rings. The Morgan fingerprint density at radius 3 is 2.36 bits per heavy atom. The van der Waals surface area contributed by atoms with E-state index in [-0.39, 0.29) is 5.97 Å². The molecule has 22 heavy (non-hydrogen) atoms. The predicted octanol–water partition coefficient (Wildman–Crippen LogP) is 3.47. The first kappa shape index (κ1) is 18.9. The molecule has 0 amide bonds. The molecule has 0 spiro atoms. The van der Waals surface area contributed by atoms with Crippen molar-refractivity contribution in [2.45, 2.75) is 57.2 Å². The number of benzene rings is 1. The molecule has 0 radical (unpaired) electrons. The van der Waals surface area contributed by atoms with Crippen LogP contribution in [0.1, 0.15) is 50.5 Å². The monoisotopic (exact) mass is 328 g/mol. The lowest BCUT2D eigenvalue weighted by Gasteiger charge is -2.25. The van der Waals surface area contributed by atoms with Gasteiger partial charge in [0.15, 0.2) is 5.79 Å². The molecule has 1 aliphatic carbocycles. The zero-order valence-corrected chi connectivity index (χ0v) is 13.8. The predicted molar refractivity (Wildman–Crippen MR) is 86.7 cm³/mol. The minimum Gasteiger partial charge on any atom is -0.469 e. The third-order valence-electron chi connectivity index (χ3n) is 3.67. The van der Waals surface area contributed by atoms with Crippen LogP contribution in [0.25, 0.3) is 0 Å². The van der Waals surface area contributed by atoms with Crippen LogP contribution in [0.2, 0.25) is 5.02 Å². The Kier molecular flexibility index (Phi) is 8.46. The van der Waals surface area contributed by atoms with E-state index >= 15 is 0 Å². The first-order valence-corrected chi connectivity index (χ1v) is 8.07. The van der Waals surface area contributed by atoms with Gasteiger partial charge in [-0.2, -0.15) is 0 Å². The number of hydrogen-bond acceptors (Lipinski definition) is 4. The Morgan fingerprint density at radius 1 is 1.23 bits per heavy atom. The van der Waals surface area contributed by atoms with E-state index in [1.165, 1.54) is 7.11 Å². The number of carbonyl (C=O) groups is 1. The summed E-state index contributed by atoms with van der Waals surface area (Å²) in [6.07, 6.45) is 6.25. The summed E-state index contributed by atoms with van der Waals surface area (Å²) < 4.78 is 4.55. The summed E-state index contributed by atoms with van der Waals surface area (Å²) in [5, 5.41) is 18.6. The van der Waals surface area contributed by atoms with Crippen LogP contribution in [-0.4, -0.2) is 29.1 Å². The number of methoxy groups -OCH3 is 1. The van der Waals surface area contributed by atoms with Crippen LogP contribution in [0.5, 0.6) is 0 Å². The summed E-state index contributed by atoms with van der Waals surface area (Å²) in [4.78, 5) is 10.8. The normalized spacial score (nSPS) is 16.4. The Bertz CT molecular complexity index is 452. The van der Waals surface area contributed by atoms with E-state index in [0.717, 1.165) is 42.7 Å². The van der Waals surface area contributed by atoms with Crippen molar-refractivity contribution in [3.63, 3.8) is 0 Å². The first-order chi connectivity index (χ1) is 10.4. The van der Waals surface area contributed by atoms with Crippen molar-refractivity contribution >= 4 is 17.6 Å². The highest BCUT2D eigenvalue weighted by Crippen LogP contribution is 2.24. The van der Waals surface area contributed by atoms with E-state index in [1.54, 1.807) is 0 Å². The van der Waals surface area contributed by atoms with Gasteiger partial charge < -0.3 is 14.9 Å². The number of ether oxygens (including phenoxy) is 1. The van der Waals surface area contributed by atoms with Crippen LogP contribution in [-0.2, 0) is 16.0 Å². The van der Waals surface area contributed by atoms with Crippen molar-refractivity contribution in [3.8, 4) is 0 Å². The second kappa shape index (κ2) is 9.82. The summed E-state index contributed by atoms with van der Waals surface area (Å²) in [5.74, 6) is -1.49. The lowest BCUT2D eigenvalue weighted by molar-refractivity contribution is -0.180. The zero-order valence-electron chi connectivity index (χ0n) is 13.1. The summed E-state index contributed by atoms with van der Waals surface area (Å²) in [6.45, 7) is 0. The highest BCUT2D eigenvalue weighted by molar-refractivity contribution is 6.31. The molecule has 0 atom stereocenters. The average Bonchev–Trinajstić information content (AvgIpc) is 2.49. The van der Waals surface area contributed by atoms with E-state index in [2.05, 4.69) is 4.74 Å². The first-order valence-electron chi connectivity index (χ1n) is 7.69. The Labute approximate surface area is 137 Å². The summed E-state index contributed by atoms with van der Waals surface area (Å²) >= 11 is 5.96. The lowest BCUT2D eigenvalue weighted by Crippen LogP contribution is -2.30. The number of carbonyl (C=O) groups excluding carboxylic acids is 1. The van der Waals surface area contributed by atoms with Gasteiger partial charge in [0, 0.05) is 24.3 Å². The molecular formula is C17H25ClO4. The maximum absolute atomic E-state index is 10.8. The molecule has 1 aromatic carbocycles. The van der Waals surface area contributed by atoms with Gasteiger partial charge in [-0.1, -0.05) is 36.2 Å². The minimum atomic E-state index is -1.32. The molecule has 1 fully saturated rings. The molecule has 1 aliphatic rings. The maximum atomic E-state index is 10.8. The molecule has 0 bridgehead atoms. The summed E-state index contributed by atoms with van der Waals surface area (Å²) in [5.41, 5.74) is 1.08. The Balaban J connectivity index is 0.000000255. The minimum absolute atomic E-state index is 0.169. The third-order valence-corrected chi connectivity index (χ3v) is 4.04. The molecule has 4 nitrogen and oxygen atoms in total. The van der Waals surface area contributed by atoms with E-state index in [9.17, 15) is 4.79 Å². The van der Waals surface area contributed by atoms with E-state index in [0.29, 0.717) is 19.3 Å². The van der Waals surface area contributed by atoms with Gasteiger partial charge in [-0.25, -0.2) is 0 Å². The summed E-state index contributed by atoms with van der Waals surface area (Å²) in [7, 11) is 1.40. The van der Waals surface area contributed by atoms with Gasteiger partial charge in [-0.3, -0.25) is 4.79 Å². The molecule has 124 valence electrons. The number of aliphatic hydroxyl groups is 2. The van der Waals surface area contributed by atoms with Crippen LogP contribution in [0.4, 0.5) is 0 Å². The van der Waals surface area contributed by atoms with Crippen molar-refractivity contribution < 1.29 is 19.7 Å². The van der Waals surface area contributed by atoms with E-state index in [4.69, 9.17) is 21.8 Å². The Morgan fingerprint density at radius 2 is 1.86 bits per heavy atom. The van der Waals surface area contributed by atoms with Crippen molar-refractivity contribution in [2.75, 3.05) is 7.11 Å². The number of hydrogen-bond donors (Lipinski definition) is 2. The van der Waals surface area contributed by atoms with E-state index < -0.39 is 5.79 Å². The smallest absolute Gasteiger partial charge is 0.305 e. The van der Waals surface area contributed by atoms with Crippen LogP contribution < -0.4 is 0 Å². The van der Waals surface area contributed by atoms with Crippen molar-refractivity contribution in [3.05, 3.63) is 34.9 Å². The van der Waals surface area contributed by atoms with Gasteiger partial charge in [0.1, 0.15) is 0 Å². The average molecular weight is 329 g/mol. The molecule has 0 saturated heterocycles. The molecule has 1 saturated carbocycles. The Hall–Kier alpha value is -1.10. The standard InChI is InChI=1S/C11H13ClO2.C6H12O2/c1-14-11(13)8-4-6-9-5-2-3-7-10(9)12;7-6(8)4-2-1-3-5-6/h2-3,5,7H,4,6,8H2,1H3;7-8H,1-5H2. The molecular weight excluding hydrogens is 304 g/mol. The largest absolute Gasteiger partial charge is 0.469 e. The molecule has 2 rings (SSSR count). The van der Waals surface area contributed by atoms with Crippen LogP contribution in [0, 0.1) is 0 Å². The van der Waals surface area contributed by atoms with Gasteiger partial charge in [0.05, 0.1) is 7.11 Å². The van der Waals surface area contributed by atoms with Gasteiger partial charge in [-0.15, -0.1) is 0 Å². The van der Waals surface area contributed by atoms with E-state index in [1.807, 2.05) is 24.3 Å². The zero-order chi connectivity index (χ0) is 16.4. The third kappa shape index (κ3) is 7.78. The fraction of sp³-hybridized carbons (Fsp3) is 0.588. The van der Waals surface area contributed by atoms with Crippen LogP contribution in [0.3, 0.4) is 0 Å². The lowest BCUT2D eigenvalue weighted by atomic mass is 9.95. The second-order valence-electron chi connectivity index (χ2n) is 5.56. The molecule has 0 aliphatic heterocycles. The number of esters is 1. The van der Waals surface area contributed by atoms with Crippen molar-refractivity contribution in [2.24, 2.45) is 0 Å². The van der Waals surface area contributed by atoms with Crippen molar-refractivity contribution in [1.82, 2.24) is 0 Å². The molecule has 0 unspecified atom stereocenters. The van der Waals surface area contributed by atoms with Gasteiger partial charge in [-0.05, 0) is 37.3 Å². The topological polar surface area (TPSA) is 66.8 Å². The van der Waals surface area contributed by atoms with Gasteiger partial charge >= 0.3 is 5.97 Å². The van der Waals surface area contributed by atoms with Crippen molar-refractivity contribution in [1.29, 1.82) is 0 Å². The van der Waals surface area contributed by atoms with Gasteiger partial charge in [0.2, 0.25) is 0 Å². The molecule has 0 aromatic heterocycles. The van der Waals surface area contributed by atoms with Gasteiger partial charge in [0.25, 0.3) is 0 Å². The van der Waals surface area contributed by atoms with Crippen LogP contribution in [0.15, 0.2) is 24.3 Å². The molecule has 2 N–H and O–H groups in total. The summed E-state index contributed by atoms with van der Waals surface area (Å²) in [6, 6.07) is 7.67. The fourth-order valence-electron chi connectivity index (χ4n) is 2.34. The molecule has 5 heteroatoms. The highest BCUT2D eigenvalue weighted by atomic mass is 35.5. The quantitative estimate of drug-likeness (QED) is 0.656. The number of aryl methyl sites for hydroxylation is 1. The maximum Gasteiger partial charge on any atom is 0.305 e. The second-order valence-corrected chi connectivity index (χ2v) is 5.97. The van der Waals surface area contributed by atoms with Crippen LogP contribution >= 0.6 is 11.6 Å². The SMILES string of the molecule is COC(=O)CCCc1ccccc1Cl.OC1(O)CCCCC1. The number of rotatable bonds is 4. The molecule has 0 heterocycles. The number of halogens is 1. The highest BCUT2D eigenvalue weighted by Gasteiger charge is 2.24.